The number of nitrogens with one attached hydrogen (secondary N) is 1. The van der Waals surface area contributed by atoms with Crippen LogP contribution in [0.4, 0.5) is 19.3 Å². The van der Waals surface area contributed by atoms with Crippen LogP contribution in [0.2, 0.25) is 0 Å². The van der Waals surface area contributed by atoms with Crippen molar-refractivity contribution in [2.45, 2.75) is 20.0 Å². The molecule has 1 aromatic carbocycles. The number of benzene rings is 1. The molecule has 21 heavy (non-hydrogen) atoms. The molecular formula is C14H18F2N2O3. The van der Waals surface area contributed by atoms with Gasteiger partial charge in [-0.3, -0.25) is 0 Å². The summed E-state index contributed by atoms with van der Waals surface area (Å²) in [6.45, 7) is -0.132. The largest absolute Gasteiger partial charge is 0.434 e. The number of carbonyl (C=O) groups excluding carboxylic acids is 1. The molecule has 1 unspecified atom stereocenters. The lowest BCUT2D eigenvalue weighted by Crippen LogP contribution is -2.33. The number of nitrogens with zero attached hydrogens (tertiary/aromatic N) is 1. The molecule has 2 amide bonds. The third-order valence-electron chi connectivity index (χ3n) is 3.49. The Hall–Kier alpha value is -1.89. The number of carbonyl (C=O) groups is 1. The second-order valence-electron chi connectivity index (χ2n) is 5.07. The standard InChI is InChI=1S/C14H18F2N2O3/c1-9-2-3-11(6-12(9)21-13(15)16)17-14(20)18-5-4-10(7-18)8-19/h2-3,6,10,13,19H,4-5,7-8H2,1H3,(H,17,20). The Balaban J connectivity index is 2.01. The van der Waals surface area contributed by atoms with Gasteiger partial charge in [-0.15, -0.1) is 0 Å². The van der Waals surface area contributed by atoms with E-state index in [4.69, 9.17) is 5.11 Å². The van der Waals surface area contributed by atoms with Crippen molar-refractivity contribution in [2.75, 3.05) is 25.0 Å². The van der Waals surface area contributed by atoms with Gasteiger partial charge >= 0.3 is 12.6 Å². The van der Waals surface area contributed by atoms with Crippen LogP contribution >= 0.6 is 0 Å². The lowest BCUT2D eigenvalue weighted by atomic mass is 10.1. The van der Waals surface area contributed by atoms with Crippen molar-refractivity contribution in [2.24, 2.45) is 5.92 Å². The molecule has 0 aromatic heterocycles. The van der Waals surface area contributed by atoms with Crippen LogP contribution in [-0.2, 0) is 0 Å². The zero-order valence-corrected chi connectivity index (χ0v) is 11.7. The van der Waals surface area contributed by atoms with Crippen LogP contribution in [0.5, 0.6) is 5.75 Å². The number of rotatable bonds is 4. The maximum absolute atomic E-state index is 12.3. The molecule has 5 nitrogen and oxygen atoms in total. The normalized spacial score (nSPS) is 18.1. The van der Waals surface area contributed by atoms with Gasteiger partial charge in [0.1, 0.15) is 5.75 Å². The second kappa shape index (κ2) is 6.71. The molecule has 1 atom stereocenters. The number of aliphatic hydroxyl groups is 1. The first kappa shape index (κ1) is 15.5. The zero-order chi connectivity index (χ0) is 15.4. The lowest BCUT2D eigenvalue weighted by molar-refractivity contribution is -0.0502. The van der Waals surface area contributed by atoms with Crippen molar-refractivity contribution in [3.8, 4) is 5.75 Å². The van der Waals surface area contributed by atoms with Crippen LogP contribution in [0.1, 0.15) is 12.0 Å². The summed E-state index contributed by atoms with van der Waals surface area (Å²) in [5.41, 5.74) is 0.962. The number of ether oxygens (including phenoxy) is 1. The Kier molecular flexibility index (Phi) is 4.95. The average Bonchev–Trinajstić information content (AvgIpc) is 2.91. The molecule has 0 radical (unpaired) electrons. The quantitative estimate of drug-likeness (QED) is 0.898. The number of alkyl halides is 2. The second-order valence-corrected chi connectivity index (χ2v) is 5.07. The van der Waals surface area contributed by atoms with Gasteiger partial charge in [-0.1, -0.05) is 6.07 Å². The monoisotopic (exact) mass is 300 g/mol. The molecule has 7 heteroatoms. The summed E-state index contributed by atoms with van der Waals surface area (Å²) in [6, 6.07) is 4.30. The first-order valence-corrected chi connectivity index (χ1v) is 6.72. The number of anilines is 1. The van der Waals surface area contributed by atoms with Gasteiger partial charge in [0.25, 0.3) is 0 Å². The molecule has 1 saturated heterocycles. The summed E-state index contributed by atoms with van der Waals surface area (Å²) in [5, 5.41) is 11.7. The molecule has 0 bridgehead atoms. The van der Waals surface area contributed by atoms with Gasteiger partial charge in [0.05, 0.1) is 0 Å². The minimum Gasteiger partial charge on any atom is -0.434 e. The van der Waals surface area contributed by atoms with Crippen LogP contribution in [0.25, 0.3) is 0 Å². The molecule has 1 heterocycles. The summed E-state index contributed by atoms with van der Waals surface area (Å²) >= 11 is 0. The summed E-state index contributed by atoms with van der Waals surface area (Å²) in [4.78, 5) is 13.6. The van der Waals surface area contributed by atoms with Crippen molar-refractivity contribution in [3.05, 3.63) is 23.8 Å². The van der Waals surface area contributed by atoms with Crippen LogP contribution in [-0.4, -0.2) is 42.3 Å². The number of amides is 2. The van der Waals surface area contributed by atoms with E-state index in [9.17, 15) is 13.6 Å². The van der Waals surface area contributed by atoms with Gasteiger partial charge in [0, 0.05) is 37.4 Å². The third kappa shape index (κ3) is 4.04. The minimum atomic E-state index is -2.90. The molecule has 0 spiro atoms. The van der Waals surface area contributed by atoms with Crippen molar-refractivity contribution in [3.63, 3.8) is 0 Å². The summed E-state index contributed by atoms with van der Waals surface area (Å²) in [5.74, 6) is 0.143. The number of hydrogen-bond acceptors (Lipinski definition) is 3. The van der Waals surface area contributed by atoms with E-state index >= 15 is 0 Å². The highest BCUT2D eigenvalue weighted by Crippen LogP contribution is 2.25. The molecule has 1 aliphatic heterocycles. The fourth-order valence-corrected chi connectivity index (χ4v) is 2.27. The molecule has 1 aromatic rings. The molecular weight excluding hydrogens is 282 g/mol. The number of likely N-dealkylation sites (tertiary alicyclic amines) is 1. The van der Waals surface area contributed by atoms with Gasteiger partial charge < -0.3 is 20.1 Å². The highest BCUT2D eigenvalue weighted by atomic mass is 19.3. The number of urea groups is 1. The molecule has 2 rings (SSSR count). The van der Waals surface area contributed by atoms with E-state index in [0.717, 1.165) is 6.42 Å². The van der Waals surface area contributed by atoms with Gasteiger partial charge in [0.15, 0.2) is 0 Å². The first-order valence-electron chi connectivity index (χ1n) is 6.72. The Labute approximate surface area is 121 Å². The van der Waals surface area contributed by atoms with E-state index in [1.165, 1.54) is 6.07 Å². The maximum atomic E-state index is 12.3. The van der Waals surface area contributed by atoms with Crippen LogP contribution in [0, 0.1) is 12.8 Å². The van der Waals surface area contributed by atoms with Crippen molar-refractivity contribution in [1.29, 1.82) is 0 Å². The first-order chi connectivity index (χ1) is 9.99. The molecule has 1 fully saturated rings. The van der Waals surface area contributed by atoms with Gasteiger partial charge in [0.2, 0.25) is 0 Å². The van der Waals surface area contributed by atoms with Crippen LogP contribution in [0.3, 0.4) is 0 Å². The van der Waals surface area contributed by atoms with E-state index in [-0.39, 0.29) is 24.3 Å². The molecule has 0 aliphatic carbocycles. The fourth-order valence-electron chi connectivity index (χ4n) is 2.27. The number of aliphatic hydroxyl groups excluding tert-OH is 1. The molecule has 2 N–H and O–H groups in total. The van der Waals surface area contributed by atoms with E-state index in [1.807, 2.05) is 0 Å². The van der Waals surface area contributed by atoms with Gasteiger partial charge in [-0.25, -0.2) is 4.79 Å². The number of halogens is 2. The smallest absolute Gasteiger partial charge is 0.387 e. The van der Waals surface area contributed by atoms with Crippen molar-refractivity contribution >= 4 is 11.7 Å². The molecule has 116 valence electrons. The Morgan fingerprint density at radius 1 is 1.57 bits per heavy atom. The Bertz CT molecular complexity index is 511. The van der Waals surface area contributed by atoms with Crippen molar-refractivity contribution < 1.29 is 23.4 Å². The predicted octanol–water partition coefficient (Wildman–Crippen LogP) is 2.44. The number of aryl methyl sites for hydroxylation is 1. The summed E-state index contributed by atoms with van der Waals surface area (Å²) < 4.78 is 29.0. The maximum Gasteiger partial charge on any atom is 0.387 e. The summed E-state index contributed by atoms with van der Waals surface area (Å²) in [7, 11) is 0. The van der Waals surface area contributed by atoms with Crippen LogP contribution in [0.15, 0.2) is 18.2 Å². The Morgan fingerprint density at radius 3 is 2.95 bits per heavy atom. The van der Waals surface area contributed by atoms with Gasteiger partial charge in [-0.2, -0.15) is 8.78 Å². The highest BCUT2D eigenvalue weighted by Gasteiger charge is 2.25. The average molecular weight is 300 g/mol. The lowest BCUT2D eigenvalue weighted by Gasteiger charge is -2.18. The van der Waals surface area contributed by atoms with Crippen molar-refractivity contribution in [1.82, 2.24) is 4.90 Å². The number of hydrogen-bond donors (Lipinski definition) is 2. The van der Waals surface area contributed by atoms with E-state index in [0.29, 0.717) is 24.3 Å². The van der Waals surface area contributed by atoms with E-state index < -0.39 is 6.61 Å². The van der Waals surface area contributed by atoms with Gasteiger partial charge in [-0.05, 0) is 25.0 Å². The zero-order valence-electron chi connectivity index (χ0n) is 11.7. The Morgan fingerprint density at radius 2 is 2.33 bits per heavy atom. The van der Waals surface area contributed by atoms with Crippen LogP contribution < -0.4 is 10.1 Å². The summed E-state index contributed by atoms with van der Waals surface area (Å²) in [6.07, 6.45) is 0.761. The topological polar surface area (TPSA) is 61.8 Å². The SMILES string of the molecule is Cc1ccc(NC(=O)N2CCC(CO)C2)cc1OC(F)F. The minimum absolute atomic E-state index is 0.0393. The van der Waals surface area contributed by atoms with E-state index in [2.05, 4.69) is 10.1 Å². The fraction of sp³-hybridized carbons (Fsp3) is 0.500. The predicted molar refractivity (Wildman–Crippen MR) is 73.6 cm³/mol. The van der Waals surface area contributed by atoms with E-state index in [1.54, 1.807) is 24.0 Å². The third-order valence-corrected chi connectivity index (χ3v) is 3.49. The molecule has 0 saturated carbocycles. The highest BCUT2D eigenvalue weighted by molar-refractivity contribution is 5.89. The molecule has 1 aliphatic rings.